The van der Waals surface area contributed by atoms with Crippen LogP contribution in [0.5, 0.6) is 5.75 Å². The van der Waals surface area contributed by atoms with Gasteiger partial charge < -0.3 is 14.2 Å². The summed E-state index contributed by atoms with van der Waals surface area (Å²) < 4.78 is 8.05. The number of nitrogens with zero attached hydrogens (tertiary/aromatic N) is 3. The lowest BCUT2D eigenvalue weighted by Crippen LogP contribution is -2.31. The fourth-order valence-corrected chi connectivity index (χ4v) is 3.10. The molecule has 1 aromatic heterocycles. The van der Waals surface area contributed by atoms with Crippen molar-refractivity contribution in [3.63, 3.8) is 0 Å². The Morgan fingerprint density at radius 1 is 1.15 bits per heavy atom. The van der Waals surface area contributed by atoms with Crippen LogP contribution in [0.15, 0.2) is 54.6 Å². The second-order valence-corrected chi connectivity index (χ2v) is 6.79. The molecule has 5 heteroatoms. The molecule has 1 heterocycles. The van der Waals surface area contributed by atoms with E-state index in [1.807, 2.05) is 73.1 Å². The van der Waals surface area contributed by atoms with Crippen molar-refractivity contribution in [1.29, 1.82) is 0 Å². The molecule has 0 fully saturated rings. The smallest absolute Gasteiger partial charge is 0.242 e. The van der Waals surface area contributed by atoms with Crippen LogP contribution in [-0.2, 0) is 11.3 Å². The van der Waals surface area contributed by atoms with Gasteiger partial charge in [-0.1, -0.05) is 43.7 Å². The molecule has 0 spiro atoms. The maximum Gasteiger partial charge on any atom is 0.242 e. The molecule has 2 aromatic carbocycles. The molecule has 3 aromatic rings. The van der Waals surface area contributed by atoms with Crippen LogP contribution in [0.1, 0.15) is 38.6 Å². The Bertz CT molecular complexity index is 889. The minimum absolute atomic E-state index is 0.0831. The third-order valence-electron chi connectivity index (χ3n) is 4.67. The van der Waals surface area contributed by atoms with Crippen molar-refractivity contribution in [1.82, 2.24) is 14.5 Å². The molecule has 1 atom stereocenters. The fourth-order valence-electron chi connectivity index (χ4n) is 3.10. The number of unbranched alkanes of at least 4 members (excludes halogenated alkanes) is 1. The predicted molar refractivity (Wildman–Crippen MR) is 108 cm³/mol. The first-order valence-electron chi connectivity index (χ1n) is 9.51. The van der Waals surface area contributed by atoms with E-state index in [2.05, 4.69) is 6.92 Å². The molecular weight excluding hydrogens is 338 g/mol. The summed E-state index contributed by atoms with van der Waals surface area (Å²) in [7, 11) is 1.86. The highest BCUT2D eigenvalue weighted by atomic mass is 16.5. The van der Waals surface area contributed by atoms with E-state index >= 15 is 0 Å². The van der Waals surface area contributed by atoms with Gasteiger partial charge in [0.25, 0.3) is 0 Å². The summed E-state index contributed by atoms with van der Waals surface area (Å²) in [5, 5.41) is 0. The Balaban J connectivity index is 1.88. The van der Waals surface area contributed by atoms with Gasteiger partial charge in [0.15, 0.2) is 11.9 Å². The number of imidazole rings is 1. The first-order chi connectivity index (χ1) is 13.1. The van der Waals surface area contributed by atoms with Crippen LogP contribution in [0.4, 0.5) is 0 Å². The number of carbonyl (C=O) groups is 1. The second kappa shape index (κ2) is 8.71. The van der Waals surface area contributed by atoms with Crippen LogP contribution < -0.4 is 4.74 Å². The Morgan fingerprint density at radius 2 is 1.85 bits per heavy atom. The highest BCUT2D eigenvalue weighted by molar-refractivity contribution is 5.81. The normalized spacial score (nSPS) is 12.1. The molecule has 0 aliphatic rings. The van der Waals surface area contributed by atoms with E-state index in [1.54, 1.807) is 4.90 Å². The van der Waals surface area contributed by atoms with Crippen LogP contribution in [0, 0.1) is 0 Å². The number of ether oxygens (including phenoxy) is 1. The van der Waals surface area contributed by atoms with Crippen LogP contribution in [0.3, 0.4) is 0 Å². The van der Waals surface area contributed by atoms with Crippen molar-refractivity contribution in [2.75, 3.05) is 13.6 Å². The molecule has 0 radical (unpaired) electrons. The molecule has 1 amide bonds. The Kier molecular flexibility index (Phi) is 6.12. The quantitative estimate of drug-likeness (QED) is 0.593. The second-order valence-electron chi connectivity index (χ2n) is 6.79. The highest BCUT2D eigenvalue weighted by Crippen LogP contribution is 2.25. The van der Waals surface area contributed by atoms with Crippen molar-refractivity contribution in [3.05, 3.63) is 60.4 Å². The van der Waals surface area contributed by atoms with Gasteiger partial charge in [0.05, 0.1) is 11.0 Å². The lowest BCUT2D eigenvalue weighted by atomic mass is 10.3. The molecular formula is C22H27N3O2. The number of likely N-dealkylation sites (N-methyl/N-ethyl adjacent to an activating group) is 1. The molecule has 0 aliphatic heterocycles. The zero-order valence-corrected chi connectivity index (χ0v) is 16.3. The van der Waals surface area contributed by atoms with Gasteiger partial charge in [0.1, 0.15) is 12.3 Å². The first kappa shape index (κ1) is 19.0. The van der Waals surface area contributed by atoms with Gasteiger partial charge in [-0.2, -0.15) is 0 Å². The van der Waals surface area contributed by atoms with Gasteiger partial charge in [0, 0.05) is 13.6 Å². The summed E-state index contributed by atoms with van der Waals surface area (Å²) in [6, 6.07) is 17.6. The summed E-state index contributed by atoms with van der Waals surface area (Å²) in [6.07, 6.45) is 1.81. The molecule has 0 saturated carbocycles. The molecule has 0 saturated heterocycles. The lowest BCUT2D eigenvalue weighted by molar-refractivity contribution is -0.130. The van der Waals surface area contributed by atoms with E-state index < -0.39 is 0 Å². The maximum absolute atomic E-state index is 12.7. The third-order valence-corrected chi connectivity index (χ3v) is 4.67. The third kappa shape index (κ3) is 4.48. The van der Waals surface area contributed by atoms with Crippen molar-refractivity contribution < 1.29 is 9.53 Å². The number of hydrogen-bond acceptors (Lipinski definition) is 3. The Morgan fingerprint density at radius 3 is 2.59 bits per heavy atom. The number of aromatic nitrogens is 2. The Labute approximate surface area is 160 Å². The van der Waals surface area contributed by atoms with Crippen LogP contribution >= 0.6 is 0 Å². The molecule has 0 aliphatic carbocycles. The zero-order valence-electron chi connectivity index (χ0n) is 16.3. The van der Waals surface area contributed by atoms with Gasteiger partial charge >= 0.3 is 0 Å². The Hall–Kier alpha value is -2.82. The first-order valence-corrected chi connectivity index (χ1v) is 9.51. The van der Waals surface area contributed by atoms with E-state index in [4.69, 9.17) is 9.72 Å². The molecule has 27 heavy (non-hydrogen) atoms. The van der Waals surface area contributed by atoms with E-state index in [0.717, 1.165) is 42.0 Å². The number of amides is 1. The van der Waals surface area contributed by atoms with E-state index in [-0.39, 0.29) is 18.6 Å². The number of carbonyl (C=O) groups excluding carboxylic acids is 1. The zero-order chi connectivity index (χ0) is 19.2. The number of hydrogen-bond donors (Lipinski definition) is 0. The van der Waals surface area contributed by atoms with Gasteiger partial charge in [-0.05, 0) is 37.6 Å². The topological polar surface area (TPSA) is 47.4 Å². The van der Waals surface area contributed by atoms with Crippen LogP contribution in [0.25, 0.3) is 11.0 Å². The minimum Gasteiger partial charge on any atom is -0.483 e. The van der Waals surface area contributed by atoms with E-state index in [9.17, 15) is 4.79 Å². The average molecular weight is 365 g/mol. The number of rotatable bonds is 8. The largest absolute Gasteiger partial charge is 0.483 e. The summed E-state index contributed by atoms with van der Waals surface area (Å²) >= 11 is 0. The molecule has 0 bridgehead atoms. The minimum atomic E-state index is -0.270. The van der Waals surface area contributed by atoms with E-state index in [0.29, 0.717) is 0 Å². The summed E-state index contributed by atoms with van der Waals surface area (Å²) in [4.78, 5) is 19.3. The number of benzene rings is 2. The van der Waals surface area contributed by atoms with Gasteiger partial charge in [-0.3, -0.25) is 4.79 Å². The van der Waals surface area contributed by atoms with Gasteiger partial charge in [-0.25, -0.2) is 4.98 Å². The van der Waals surface area contributed by atoms with Crippen molar-refractivity contribution in [2.45, 2.75) is 39.3 Å². The molecule has 142 valence electrons. The van der Waals surface area contributed by atoms with E-state index in [1.165, 1.54) is 0 Å². The lowest BCUT2D eigenvalue weighted by Gasteiger charge is -2.20. The standard InChI is InChI=1S/C22H27N3O2/c1-4-5-15-24(3)21(26)16-25-20-14-10-9-13-19(20)23-22(25)17(2)27-18-11-7-6-8-12-18/h6-14,17H,4-5,15-16H2,1-3H3. The highest BCUT2D eigenvalue weighted by Gasteiger charge is 2.21. The van der Waals surface area contributed by atoms with Gasteiger partial charge in [-0.15, -0.1) is 0 Å². The van der Waals surface area contributed by atoms with Crippen molar-refractivity contribution in [3.8, 4) is 5.75 Å². The number of para-hydroxylation sites is 3. The maximum atomic E-state index is 12.7. The molecule has 1 unspecified atom stereocenters. The van der Waals surface area contributed by atoms with Crippen molar-refractivity contribution >= 4 is 16.9 Å². The summed E-state index contributed by atoms with van der Waals surface area (Å²) in [6.45, 7) is 5.13. The molecule has 5 nitrogen and oxygen atoms in total. The number of fused-ring (bicyclic) bond motifs is 1. The van der Waals surface area contributed by atoms with Crippen LogP contribution in [-0.4, -0.2) is 34.0 Å². The van der Waals surface area contributed by atoms with Crippen molar-refractivity contribution in [2.24, 2.45) is 0 Å². The SMILES string of the molecule is CCCCN(C)C(=O)Cn1c(C(C)Oc2ccccc2)nc2ccccc21. The molecule has 3 rings (SSSR count). The summed E-state index contributed by atoms with van der Waals surface area (Å²) in [5.41, 5.74) is 1.83. The summed E-state index contributed by atoms with van der Waals surface area (Å²) in [5.74, 6) is 1.63. The van der Waals surface area contributed by atoms with Gasteiger partial charge in [0.2, 0.25) is 5.91 Å². The monoisotopic (exact) mass is 365 g/mol. The van der Waals surface area contributed by atoms with Crippen LogP contribution in [0.2, 0.25) is 0 Å². The predicted octanol–water partition coefficient (Wildman–Crippen LogP) is 4.43. The molecule has 0 N–H and O–H groups in total. The average Bonchev–Trinajstić information content (AvgIpc) is 3.05. The fraction of sp³-hybridized carbons (Fsp3) is 0.364.